The van der Waals surface area contributed by atoms with Crippen molar-refractivity contribution in [1.29, 1.82) is 0 Å². The van der Waals surface area contributed by atoms with Crippen LogP contribution in [0.2, 0.25) is 4.34 Å². The second-order valence-corrected chi connectivity index (χ2v) is 4.94. The molecular formula is C9H10ClNO2S. The summed E-state index contributed by atoms with van der Waals surface area (Å²) >= 11 is 7.09. The number of rotatable bonds is 2. The molecule has 1 aliphatic rings. The fourth-order valence-electron chi connectivity index (χ4n) is 1.46. The molecular weight excluding hydrogens is 222 g/mol. The van der Waals surface area contributed by atoms with E-state index in [0.29, 0.717) is 23.0 Å². The highest BCUT2D eigenvalue weighted by atomic mass is 35.5. The molecule has 0 spiro atoms. The average Bonchev–Trinajstić information content (AvgIpc) is 2.49. The molecule has 1 amide bonds. The van der Waals surface area contributed by atoms with Gasteiger partial charge in [-0.1, -0.05) is 11.6 Å². The molecule has 1 N–H and O–H groups in total. The summed E-state index contributed by atoms with van der Waals surface area (Å²) in [6.45, 7) is 1.47. The lowest BCUT2D eigenvalue weighted by molar-refractivity contribution is 0.0362. The molecule has 1 aromatic rings. The fraction of sp³-hybridized carbons (Fsp3) is 0.444. The lowest BCUT2D eigenvalue weighted by Crippen LogP contribution is -2.51. The van der Waals surface area contributed by atoms with Crippen LogP contribution in [0, 0.1) is 5.92 Å². The van der Waals surface area contributed by atoms with Crippen LogP contribution in [0.25, 0.3) is 0 Å². The van der Waals surface area contributed by atoms with Crippen molar-refractivity contribution in [2.75, 3.05) is 19.7 Å². The van der Waals surface area contributed by atoms with Gasteiger partial charge in [-0.2, -0.15) is 0 Å². The Labute approximate surface area is 90.9 Å². The van der Waals surface area contributed by atoms with Gasteiger partial charge < -0.3 is 10.0 Å². The molecule has 14 heavy (non-hydrogen) atoms. The van der Waals surface area contributed by atoms with Gasteiger partial charge in [0.2, 0.25) is 0 Å². The molecule has 2 heterocycles. The first kappa shape index (κ1) is 9.96. The summed E-state index contributed by atoms with van der Waals surface area (Å²) < 4.78 is 0.632. The maximum atomic E-state index is 11.7. The molecule has 0 atom stereocenters. The standard InChI is InChI=1S/C9H10ClNO2S/c10-8-1-7(5-14-8)9(13)11-2-6(3-11)4-12/h1,5-6,12H,2-4H2. The van der Waals surface area contributed by atoms with Crippen LogP contribution in [-0.2, 0) is 0 Å². The normalized spacial score (nSPS) is 16.9. The zero-order valence-corrected chi connectivity index (χ0v) is 9.01. The Balaban J connectivity index is 1.97. The monoisotopic (exact) mass is 231 g/mol. The molecule has 0 aliphatic carbocycles. The van der Waals surface area contributed by atoms with E-state index in [1.54, 1.807) is 16.3 Å². The maximum absolute atomic E-state index is 11.7. The van der Waals surface area contributed by atoms with E-state index < -0.39 is 0 Å². The van der Waals surface area contributed by atoms with E-state index in [9.17, 15) is 4.79 Å². The zero-order chi connectivity index (χ0) is 10.1. The van der Waals surface area contributed by atoms with Crippen molar-refractivity contribution in [3.63, 3.8) is 0 Å². The van der Waals surface area contributed by atoms with Crippen LogP contribution in [-0.4, -0.2) is 35.6 Å². The second kappa shape index (κ2) is 3.88. The zero-order valence-electron chi connectivity index (χ0n) is 7.44. The number of halogens is 1. The highest BCUT2D eigenvalue weighted by molar-refractivity contribution is 7.14. The Morgan fingerprint density at radius 1 is 1.71 bits per heavy atom. The first-order valence-electron chi connectivity index (χ1n) is 4.35. The quantitative estimate of drug-likeness (QED) is 0.838. The molecule has 1 aliphatic heterocycles. The minimum atomic E-state index is 0.0119. The van der Waals surface area contributed by atoms with Crippen molar-refractivity contribution in [3.8, 4) is 0 Å². The third kappa shape index (κ3) is 1.78. The van der Waals surface area contributed by atoms with Gasteiger partial charge in [0, 0.05) is 31.0 Å². The van der Waals surface area contributed by atoms with Crippen LogP contribution in [0.3, 0.4) is 0 Å². The van der Waals surface area contributed by atoms with Gasteiger partial charge in [0.05, 0.1) is 9.90 Å². The van der Waals surface area contributed by atoms with Crippen molar-refractivity contribution in [3.05, 3.63) is 21.3 Å². The summed E-state index contributed by atoms with van der Waals surface area (Å²) in [6, 6.07) is 1.68. The van der Waals surface area contributed by atoms with Gasteiger partial charge in [0.15, 0.2) is 0 Å². The molecule has 0 radical (unpaired) electrons. The smallest absolute Gasteiger partial charge is 0.254 e. The molecule has 0 aromatic carbocycles. The van der Waals surface area contributed by atoms with E-state index >= 15 is 0 Å². The number of hydrogen-bond acceptors (Lipinski definition) is 3. The van der Waals surface area contributed by atoms with Crippen LogP contribution in [0.1, 0.15) is 10.4 Å². The fourth-order valence-corrected chi connectivity index (χ4v) is 2.31. The van der Waals surface area contributed by atoms with Gasteiger partial charge >= 0.3 is 0 Å². The summed E-state index contributed by atoms with van der Waals surface area (Å²) in [5.74, 6) is 0.269. The number of likely N-dealkylation sites (tertiary alicyclic amines) is 1. The number of carbonyl (C=O) groups is 1. The minimum absolute atomic E-state index is 0.0119. The van der Waals surface area contributed by atoms with Gasteiger partial charge in [-0.3, -0.25) is 4.79 Å². The van der Waals surface area contributed by atoms with Gasteiger partial charge in [0.1, 0.15) is 0 Å². The lowest BCUT2D eigenvalue weighted by atomic mass is 10.0. The summed E-state index contributed by atoms with van der Waals surface area (Å²) in [4.78, 5) is 13.4. The van der Waals surface area contributed by atoms with E-state index in [-0.39, 0.29) is 18.4 Å². The van der Waals surface area contributed by atoms with Crippen LogP contribution in [0.4, 0.5) is 0 Å². The summed E-state index contributed by atoms with van der Waals surface area (Å²) in [5, 5.41) is 10.6. The minimum Gasteiger partial charge on any atom is -0.396 e. The number of hydrogen-bond donors (Lipinski definition) is 1. The average molecular weight is 232 g/mol. The summed E-state index contributed by atoms with van der Waals surface area (Å²) in [7, 11) is 0. The molecule has 1 aromatic heterocycles. The molecule has 1 fully saturated rings. The van der Waals surface area contributed by atoms with Crippen LogP contribution >= 0.6 is 22.9 Å². The number of thiophene rings is 1. The van der Waals surface area contributed by atoms with Gasteiger partial charge in [-0.25, -0.2) is 0 Å². The third-order valence-corrected chi connectivity index (χ3v) is 3.41. The maximum Gasteiger partial charge on any atom is 0.254 e. The van der Waals surface area contributed by atoms with Gasteiger partial charge in [0.25, 0.3) is 5.91 Å². The van der Waals surface area contributed by atoms with E-state index in [0.717, 1.165) is 0 Å². The summed E-state index contributed by atoms with van der Waals surface area (Å²) in [5.41, 5.74) is 0.649. The Kier molecular flexibility index (Phi) is 2.76. The highest BCUT2D eigenvalue weighted by Crippen LogP contribution is 2.24. The molecule has 0 bridgehead atoms. The van der Waals surface area contributed by atoms with E-state index in [1.807, 2.05) is 0 Å². The number of aliphatic hydroxyl groups excluding tert-OH is 1. The van der Waals surface area contributed by atoms with E-state index in [1.165, 1.54) is 11.3 Å². The van der Waals surface area contributed by atoms with Gasteiger partial charge in [-0.05, 0) is 6.07 Å². The van der Waals surface area contributed by atoms with Gasteiger partial charge in [-0.15, -0.1) is 11.3 Å². The molecule has 0 saturated carbocycles. The van der Waals surface area contributed by atoms with Crippen LogP contribution < -0.4 is 0 Å². The molecule has 76 valence electrons. The van der Waals surface area contributed by atoms with E-state index in [4.69, 9.17) is 16.7 Å². The molecule has 2 rings (SSSR count). The molecule has 5 heteroatoms. The van der Waals surface area contributed by atoms with Crippen molar-refractivity contribution < 1.29 is 9.90 Å². The van der Waals surface area contributed by atoms with Crippen LogP contribution in [0.15, 0.2) is 11.4 Å². The lowest BCUT2D eigenvalue weighted by Gasteiger charge is -2.38. The molecule has 0 unspecified atom stereocenters. The number of nitrogens with zero attached hydrogens (tertiary/aromatic N) is 1. The largest absolute Gasteiger partial charge is 0.396 e. The Bertz CT molecular complexity index is 346. The first-order chi connectivity index (χ1) is 6.70. The number of amides is 1. The topological polar surface area (TPSA) is 40.5 Å². The van der Waals surface area contributed by atoms with Crippen molar-refractivity contribution in [1.82, 2.24) is 4.90 Å². The third-order valence-electron chi connectivity index (χ3n) is 2.32. The molecule has 1 saturated heterocycles. The van der Waals surface area contributed by atoms with Crippen molar-refractivity contribution in [2.45, 2.75) is 0 Å². The number of carbonyl (C=O) groups excluding carboxylic acids is 1. The predicted molar refractivity (Wildman–Crippen MR) is 55.8 cm³/mol. The highest BCUT2D eigenvalue weighted by Gasteiger charge is 2.30. The summed E-state index contributed by atoms with van der Waals surface area (Å²) in [6.07, 6.45) is 0. The van der Waals surface area contributed by atoms with Crippen LogP contribution in [0.5, 0.6) is 0 Å². The predicted octanol–water partition coefficient (Wildman–Crippen LogP) is 1.47. The Morgan fingerprint density at radius 2 is 2.43 bits per heavy atom. The molecule has 3 nitrogen and oxygen atoms in total. The Morgan fingerprint density at radius 3 is 2.93 bits per heavy atom. The first-order valence-corrected chi connectivity index (χ1v) is 5.60. The van der Waals surface area contributed by atoms with Crippen molar-refractivity contribution >= 4 is 28.8 Å². The Hall–Kier alpha value is -0.580. The van der Waals surface area contributed by atoms with Crippen molar-refractivity contribution in [2.24, 2.45) is 5.92 Å². The second-order valence-electron chi connectivity index (χ2n) is 3.40. The SMILES string of the molecule is O=C(c1csc(Cl)c1)N1CC(CO)C1. The number of aliphatic hydroxyl groups is 1. The van der Waals surface area contributed by atoms with E-state index in [2.05, 4.69) is 0 Å².